The zero-order chi connectivity index (χ0) is 13.1. The van der Waals surface area contributed by atoms with E-state index in [0.29, 0.717) is 6.54 Å². The van der Waals surface area contributed by atoms with Crippen molar-refractivity contribution in [2.45, 2.75) is 26.5 Å². The Balaban J connectivity index is 2.32. The summed E-state index contributed by atoms with van der Waals surface area (Å²) < 4.78 is 7.20. The molecule has 18 heavy (non-hydrogen) atoms. The van der Waals surface area contributed by atoms with Crippen molar-refractivity contribution >= 4 is 0 Å². The lowest BCUT2D eigenvalue weighted by molar-refractivity contribution is 0.199. The molecule has 0 aliphatic carbocycles. The van der Waals surface area contributed by atoms with E-state index in [0.717, 1.165) is 22.4 Å². The average Bonchev–Trinajstić information content (AvgIpc) is 2.74. The highest BCUT2D eigenvalue weighted by Crippen LogP contribution is 2.24. The Labute approximate surface area is 107 Å². The number of aliphatic hydroxyl groups excluding tert-OH is 1. The fourth-order valence-corrected chi connectivity index (χ4v) is 1.91. The Hall–Kier alpha value is -1.81. The number of hydrogen-bond acceptors (Lipinski definition) is 3. The lowest BCUT2D eigenvalue weighted by Gasteiger charge is -2.12. The predicted molar refractivity (Wildman–Crippen MR) is 69.7 cm³/mol. The van der Waals surface area contributed by atoms with Crippen LogP contribution >= 0.6 is 0 Å². The van der Waals surface area contributed by atoms with Gasteiger partial charge in [0.1, 0.15) is 5.75 Å². The van der Waals surface area contributed by atoms with E-state index in [1.807, 2.05) is 42.2 Å². The Morgan fingerprint density at radius 1 is 1.44 bits per heavy atom. The Bertz CT molecular complexity index is 532. The van der Waals surface area contributed by atoms with Crippen LogP contribution in [0.2, 0.25) is 0 Å². The van der Waals surface area contributed by atoms with Crippen molar-refractivity contribution in [3.63, 3.8) is 0 Å². The quantitative estimate of drug-likeness (QED) is 0.900. The molecule has 0 aliphatic heterocycles. The monoisotopic (exact) mass is 246 g/mol. The van der Waals surface area contributed by atoms with Crippen LogP contribution in [-0.4, -0.2) is 22.0 Å². The molecule has 0 fully saturated rings. The molecular weight excluding hydrogens is 228 g/mol. The molecule has 2 aromatic rings. The minimum absolute atomic E-state index is 0.478. The van der Waals surface area contributed by atoms with Gasteiger partial charge in [0.15, 0.2) is 0 Å². The van der Waals surface area contributed by atoms with Crippen molar-refractivity contribution in [3.8, 4) is 5.75 Å². The van der Waals surface area contributed by atoms with Crippen LogP contribution in [0.25, 0.3) is 0 Å². The van der Waals surface area contributed by atoms with E-state index >= 15 is 0 Å². The maximum absolute atomic E-state index is 9.62. The van der Waals surface area contributed by atoms with Gasteiger partial charge in [0, 0.05) is 11.8 Å². The van der Waals surface area contributed by atoms with Crippen LogP contribution in [0.3, 0.4) is 0 Å². The summed E-state index contributed by atoms with van der Waals surface area (Å²) >= 11 is 0. The minimum Gasteiger partial charge on any atom is -0.496 e. The highest BCUT2D eigenvalue weighted by Gasteiger charge is 2.08. The van der Waals surface area contributed by atoms with E-state index in [1.54, 1.807) is 14.0 Å². The van der Waals surface area contributed by atoms with Gasteiger partial charge in [-0.05, 0) is 37.1 Å². The molecule has 0 amide bonds. The number of methoxy groups -OCH3 is 1. The minimum atomic E-state index is -0.478. The zero-order valence-corrected chi connectivity index (χ0v) is 10.9. The molecule has 0 bridgehead atoms. The second kappa shape index (κ2) is 5.23. The average molecular weight is 246 g/mol. The Kier molecular flexibility index (Phi) is 3.67. The van der Waals surface area contributed by atoms with Crippen LogP contribution in [-0.2, 0) is 6.54 Å². The smallest absolute Gasteiger partial charge is 0.123 e. The van der Waals surface area contributed by atoms with Crippen molar-refractivity contribution in [1.29, 1.82) is 0 Å². The first-order chi connectivity index (χ1) is 8.60. The van der Waals surface area contributed by atoms with Gasteiger partial charge in [-0.1, -0.05) is 6.07 Å². The number of aliphatic hydroxyl groups is 1. The second-order valence-electron chi connectivity index (χ2n) is 4.46. The molecule has 1 heterocycles. The SMILES string of the molecule is COc1ccc(C(C)O)cc1Cn1cc(C)cn1. The van der Waals surface area contributed by atoms with Crippen molar-refractivity contribution in [2.75, 3.05) is 7.11 Å². The van der Waals surface area contributed by atoms with Gasteiger partial charge in [-0.2, -0.15) is 5.10 Å². The largest absolute Gasteiger partial charge is 0.496 e. The molecule has 0 radical (unpaired) electrons. The van der Waals surface area contributed by atoms with Gasteiger partial charge < -0.3 is 9.84 Å². The van der Waals surface area contributed by atoms with Crippen LogP contribution in [0.1, 0.15) is 29.7 Å². The standard InChI is InChI=1S/C14H18N2O2/c1-10-7-15-16(8-10)9-13-6-12(11(2)17)4-5-14(13)18-3/h4-8,11,17H,9H2,1-3H3. The van der Waals surface area contributed by atoms with E-state index in [1.165, 1.54) is 0 Å². The van der Waals surface area contributed by atoms with Gasteiger partial charge in [-0.25, -0.2) is 0 Å². The van der Waals surface area contributed by atoms with E-state index in [4.69, 9.17) is 4.74 Å². The third kappa shape index (κ3) is 2.71. The van der Waals surface area contributed by atoms with Crippen LogP contribution in [0, 0.1) is 6.92 Å². The summed E-state index contributed by atoms with van der Waals surface area (Å²) in [7, 11) is 1.65. The number of aryl methyl sites for hydroxylation is 1. The predicted octanol–water partition coefficient (Wildman–Crippen LogP) is 2.30. The molecular formula is C14H18N2O2. The van der Waals surface area contributed by atoms with Gasteiger partial charge in [0.05, 0.1) is 26.0 Å². The summed E-state index contributed by atoms with van der Waals surface area (Å²) in [4.78, 5) is 0. The van der Waals surface area contributed by atoms with Crippen LogP contribution in [0.5, 0.6) is 5.75 Å². The van der Waals surface area contributed by atoms with E-state index in [9.17, 15) is 5.11 Å². The number of benzene rings is 1. The number of nitrogens with zero attached hydrogens (tertiary/aromatic N) is 2. The van der Waals surface area contributed by atoms with Crippen molar-refractivity contribution < 1.29 is 9.84 Å². The summed E-state index contributed by atoms with van der Waals surface area (Å²) in [5, 5.41) is 13.9. The second-order valence-corrected chi connectivity index (χ2v) is 4.46. The van der Waals surface area contributed by atoms with Gasteiger partial charge in [-0.15, -0.1) is 0 Å². The summed E-state index contributed by atoms with van der Waals surface area (Å²) in [6.45, 7) is 4.40. The molecule has 2 rings (SSSR count). The number of aromatic nitrogens is 2. The van der Waals surface area contributed by atoms with E-state index in [-0.39, 0.29) is 0 Å². The molecule has 1 unspecified atom stereocenters. The lowest BCUT2D eigenvalue weighted by atomic mass is 10.1. The zero-order valence-electron chi connectivity index (χ0n) is 10.9. The van der Waals surface area contributed by atoms with Crippen molar-refractivity contribution in [1.82, 2.24) is 9.78 Å². The molecule has 0 saturated heterocycles. The summed E-state index contributed by atoms with van der Waals surface area (Å²) in [6, 6.07) is 5.72. The molecule has 1 aromatic carbocycles. The first-order valence-electron chi connectivity index (χ1n) is 5.94. The third-order valence-electron chi connectivity index (χ3n) is 2.88. The molecule has 0 spiro atoms. The van der Waals surface area contributed by atoms with E-state index in [2.05, 4.69) is 5.10 Å². The highest BCUT2D eigenvalue weighted by molar-refractivity contribution is 5.38. The van der Waals surface area contributed by atoms with Crippen molar-refractivity contribution in [2.24, 2.45) is 0 Å². The molecule has 4 nitrogen and oxygen atoms in total. The molecule has 1 N–H and O–H groups in total. The van der Waals surface area contributed by atoms with Gasteiger partial charge in [-0.3, -0.25) is 4.68 Å². The van der Waals surface area contributed by atoms with Gasteiger partial charge in [0.2, 0.25) is 0 Å². The summed E-state index contributed by atoms with van der Waals surface area (Å²) in [6.07, 6.45) is 3.33. The first-order valence-corrected chi connectivity index (χ1v) is 5.94. The Morgan fingerprint density at radius 3 is 2.78 bits per heavy atom. The van der Waals surface area contributed by atoms with Gasteiger partial charge >= 0.3 is 0 Å². The molecule has 1 atom stereocenters. The topological polar surface area (TPSA) is 47.3 Å². The normalized spacial score (nSPS) is 12.4. The highest BCUT2D eigenvalue weighted by atomic mass is 16.5. The fraction of sp³-hybridized carbons (Fsp3) is 0.357. The van der Waals surface area contributed by atoms with Crippen LogP contribution < -0.4 is 4.74 Å². The van der Waals surface area contributed by atoms with Crippen molar-refractivity contribution in [3.05, 3.63) is 47.3 Å². The third-order valence-corrected chi connectivity index (χ3v) is 2.88. The van der Waals surface area contributed by atoms with Crippen LogP contribution in [0.15, 0.2) is 30.6 Å². The number of ether oxygens (including phenoxy) is 1. The Morgan fingerprint density at radius 2 is 2.22 bits per heavy atom. The molecule has 1 aromatic heterocycles. The summed E-state index contributed by atoms with van der Waals surface area (Å²) in [5.74, 6) is 0.813. The maximum Gasteiger partial charge on any atom is 0.123 e. The summed E-state index contributed by atoms with van der Waals surface area (Å²) in [5.41, 5.74) is 3.02. The molecule has 0 aliphatic rings. The lowest BCUT2D eigenvalue weighted by Crippen LogP contribution is -2.04. The maximum atomic E-state index is 9.62. The fourth-order valence-electron chi connectivity index (χ4n) is 1.91. The van der Waals surface area contributed by atoms with Gasteiger partial charge in [0.25, 0.3) is 0 Å². The van der Waals surface area contributed by atoms with E-state index < -0.39 is 6.10 Å². The molecule has 96 valence electrons. The number of rotatable bonds is 4. The first kappa shape index (κ1) is 12.6. The number of hydrogen-bond donors (Lipinski definition) is 1. The molecule has 4 heteroatoms. The van der Waals surface area contributed by atoms with Crippen LogP contribution in [0.4, 0.5) is 0 Å². The molecule has 0 saturated carbocycles.